The maximum absolute atomic E-state index is 11.3. The van der Waals surface area contributed by atoms with Gasteiger partial charge >= 0.3 is 0 Å². The van der Waals surface area contributed by atoms with Crippen LogP contribution in [0.25, 0.3) is 0 Å². The van der Waals surface area contributed by atoms with E-state index in [-0.39, 0.29) is 11.5 Å². The van der Waals surface area contributed by atoms with Gasteiger partial charge in [-0.1, -0.05) is 32.4 Å². The number of fused-ring (bicyclic) bond motifs is 3. The standard InChI is InChI=1S/C16H26O3S/c1-10-11(2)15-14(10)6-5-12-9-13(19-20(4,17)18)7-8-16(12,15)3/h5,10-11,13-15H,6-9H2,1-4H3/t10?,11?,13-,14?,15?,16-/m0/s1. The van der Waals surface area contributed by atoms with E-state index in [2.05, 4.69) is 26.8 Å². The van der Waals surface area contributed by atoms with Gasteiger partial charge in [-0.25, -0.2) is 0 Å². The molecule has 0 N–H and O–H groups in total. The van der Waals surface area contributed by atoms with Gasteiger partial charge in [-0.3, -0.25) is 4.18 Å². The number of hydrogen-bond donors (Lipinski definition) is 0. The van der Waals surface area contributed by atoms with Crippen LogP contribution in [0.2, 0.25) is 0 Å². The highest BCUT2D eigenvalue weighted by molar-refractivity contribution is 7.86. The molecule has 3 nitrogen and oxygen atoms in total. The van der Waals surface area contributed by atoms with Crippen LogP contribution in [0.5, 0.6) is 0 Å². The zero-order chi connectivity index (χ0) is 14.7. The van der Waals surface area contributed by atoms with Crippen molar-refractivity contribution in [3.63, 3.8) is 0 Å². The third-order valence-electron chi connectivity index (χ3n) is 6.38. The van der Waals surface area contributed by atoms with Gasteiger partial charge in [0.1, 0.15) is 0 Å². The molecule has 0 radical (unpaired) electrons. The fraction of sp³-hybridized carbons (Fsp3) is 0.875. The molecule has 0 bridgehead atoms. The predicted molar refractivity (Wildman–Crippen MR) is 79.7 cm³/mol. The summed E-state index contributed by atoms with van der Waals surface area (Å²) in [7, 11) is -3.34. The van der Waals surface area contributed by atoms with Crippen molar-refractivity contribution >= 4 is 10.1 Å². The quantitative estimate of drug-likeness (QED) is 0.580. The Morgan fingerprint density at radius 1 is 1.30 bits per heavy atom. The average molecular weight is 298 g/mol. The largest absolute Gasteiger partial charge is 0.267 e. The summed E-state index contributed by atoms with van der Waals surface area (Å²) < 4.78 is 27.9. The molecule has 114 valence electrons. The van der Waals surface area contributed by atoms with Crippen molar-refractivity contribution < 1.29 is 12.6 Å². The minimum absolute atomic E-state index is 0.145. The summed E-state index contributed by atoms with van der Waals surface area (Å²) in [5, 5.41) is 0. The first-order valence-corrected chi connectivity index (χ1v) is 9.62. The van der Waals surface area contributed by atoms with E-state index in [1.54, 1.807) is 0 Å². The first kappa shape index (κ1) is 14.6. The Bertz CT molecular complexity index is 536. The summed E-state index contributed by atoms with van der Waals surface area (Å²) in [6, 6.07) is 0. The second-order valence-corrected chi connectivity index (χ2v) is 9.06. The van der Waals surface area contributed by atoms with Gasteiger partial charge in [-0.2, -0.15) is 8.42 Å². The molecule has 0 heterocycles. The van der Waals surface area contributed by atoms with Crippen molar-refractivity contribution in [2.24, 2.45) is 29.1 Å². The summed E-state index contributed by atoms with van der Waals surface area (Å²) in [4.78, 5) is 0. The van der Waals surface area contributed by atoms with Crippen LogP contribution in [-0.4, -0.2) is 20.8 Å². The third-order valence-corrected chi connectivity index (χ3v) is 7.00. The summed E-state index contributed by atoms with van der Waals surface area (Å²) in [6.45, 7) is 7.17. The molecular formula is C16H26O3S. The lowest BCUT2D eigenvalue weighted by molar-refractivity contribution is -0.0910. The first-order chi connectivity index (χ1) is 9.22. The minimum atomic E-state index is -3.34. The van der Waals surface area contributed by atoms with Crippen molar-refractivity contribution in [2.45, 2.75) is 52.6 Å². The fourth-order valence-corrected chi connectivity index (χ4v) is 5.87. The normalized spacial score (nSPS) is 47.8. The van der Waals surface area contributed by atoms with Gasteiger partial charge in [0.05, 0.1) is 12.4 Å². The lowest BCUT2D eigenvalue weighted by Crippen LogP contribution is -2.55. The van der Waals surface area contributed by atoms with Crippen LogP contribution in [0.4, 0.5) is 0 Å². The highest BCUT2D eigenvalue weighted by atomic mass is 32.2. The Labute approximate surface area is 122 Å². The molecule has 6 atom stereocenters. The lowest BCUT2D eigenvalue weighted by Gasteiger charge is -2.62. The van der Waals surface area contributed by atoms with Gasteiger partial charge < -0.3 is 0 Å². The highest BCUT2D eigenvalue weighted by Crippen LogP contribution is 2.64. The number of hydrogen-bond acceptors (Lipinski definition) is 3. The van der Waals surface area contributed by atoms with Gasteiger partial charge in [-0.05, 0) is 54.8 Å². The molecule has 3 rings (SSSR count). The van der Waals surface area contributed by atoms with Crippen molar-refractivity contribution in [3.05, 3.63) is 11.6 Å². The monoisotopic (exact) mass is 298 g/mol. The second kappa shape index (κ2) is 4.57. The summed E-state index contributed by atoms with van der Waals surface area (Å²) in [6.07, 6.45) is 7.31. The SMILES string of the molecule is CC1C(C)C2C1CC=C1C[C@@H](OS(C)(=O)=O)CC[C@@]12C. The molecule has 2 fully saturated rings. The Balaban J connectivity index is 1.80. The summed E-state index contributed by atoms with van der Waals surface area (Å²) >= 11 is 0. The van der Waals surface area contributed by atoms with Crippen molar-refractivity contribution in [2.75, 3.05) is 6.26 Å². The van der Waals surface area contributed by atoms with E-state index in [1.807, 2.05) is 0 Å². The molecule has 4 heteroatoms. The highest BCUT2D eigenvalue weighted by Gasteiger charge is 2.57. The van der Waals surface area contributed by atoms with E-state index in [4.69, 9.17) is 4.18 Å². The molecule has 4 unspecified atom stereocenters. The average Bonchev–Trinajstić information content (AvgIpc) is 2.35. The molecule has 0 aliphatic heterocycles. The van der Waals surface area contributed by atoms with E-state index in [9.17, 15) is 8.42 Å². The van der Waals surface area contributed by atoms with Gasteiger partial charge in [-0.15, -0.1) is 0 Å². The van der Waals surface area contributed by atoms with Gasteiger partial charge in [0.25, 0.3) is 10.1 Å². The summed E-state index contributed by atoms with van der Waals surface area (Å²) in [5.74, 6) is 3.25. The van der Waals surface area contributed by atoms with Gasteiger partial charge in [0.2, 0.25) is 0 Å². The van der Waals surface area contributed by atoms with E-state index >= 15 is 0 Å². The molecule has 20 heavy (non-hydrogen) atoms. The third kappa shape index (κ3) is 2.16. The Morgan fingerprint density at radius 2 is 2.00 bits per heavy atom. The lowest BCUT2D eigenvalue weighted by atomic mass is 9.43. The van der Waals surface area contributed by atoms with Crippen LogP contribution in [0.1, 0.15) is 46.5 Å². The Morgan fingerprint density at radius 3 is 2.65 bits per heavy atom. The Kier molecular flexibility index (Phi) is 3.33. The molecule has 2 saturated carbocycles. The molecule has 3 aliphatic carbocycles. The molecule has 3 aliphatic rings. The van der Waals surface area contributed by atoms with Crippen LogP contribution in [0, 0.1) is 29.1 Å². The zero-order valence-corrected chi connectivity index (χ0v) is 13.7. The number of allylic oxidation sites excluding steroid dienone is 1. The topological polar surface area (TPSA) is 43.4 Å². The second-order valence-electron chi connectivity index (χ2n) is 7.46. The molecular weight excluding hydrogens is 272 g/mol. The van der Waals surface area contributed by atoms with E-state index in [0.29, 0.717) is 0 Å². The van der Waals surface area contributed by atoms with Crippen LogP contribution >= 0.6 is 0 Å². The van der Waals surface area contributed by atoms with Crippen molar-refractivity contribution in [1.29, 1.82) is 0 Å². The molecule has 0 aromatic carbocycles. The first-order valence-electron chi connectivity index (χ1n) is 7.80. The maximum atomic E-state index is 11.3. The van der Waals surface area contributed by atoms with Crippen LogP contribution in [0.3, 0.4) is 0 Å². The molecule has 0 aromatic rings. The van der Waals surface area contributed by atoms with E-state index < -0.39 is 10.1 Å². The summed E-state index contributed by atoms with van der Waals surface area (Å²) in [5.41, 5.74) is 1.74. The van der Waals surface area contributed by atoms with Crippen LogP contribution in [0.15, 0.2) is 11.6 Å². The van der Waals surface area contributed by atoms with Gasteiger partial charge in [0, 0.05) is 0 Å². The van der Waals surface area contributed by atoms with E-state index in [0.717, 1.165) is 49.2 Å². The minimum Gasteiger partial charge on any atom is -0.267 e. The zero-order valence-electron chi connectivity index (χ0n) is 12.9. The smallest absolute Gasteiger partial charge is 0.264 e. The molecule has 0 amide bonds. The van der Waals surface area contributed by atoms with Crippen LogP contribution < -0.4 is 0 Å². The van der Waals surface area contributed by atoms with Crippen molar-refractivity contribution in [3.8, 4) is 0 Å². The Hall–Kier alpha value is -0.350. The van der Waals surface area contributed by atoms with Crippen LogP contribution in [-0.2, 0) is 14.3 Å². The predicted octanol–water partition coefficient (Wildman–Crippen LogP) is 3.37. The maximum Gasteiger partial charge on any atom is 0.264 e. The van der Waals surface area contributed by atoms with Gasteiger partial charge in [0.15, 0.2) is 0 Å². The fourth-order valence-electron chi connectivity index (χ4n) is 5.21. The molecule has 0 saturated heterocycles. The molecule has 0 spiro atoms. The van der Waals surface area contributed by atoms with E-state index in [1.165, 1.54) is 12.0 Å². The number of rotatable bonds is 2. The van der Waals surface area contributed by atoms with Crippen molar-refractivity contribution in [1.82, 2.24) is 0 Å². The molecule has 0 aromatic heterocycles.